The van der Waals surface area contributed by atoms with Gasteiger partial charge in [0.2, 0.25) is 0 Å². The van der Waals surface area contributed by atoms with Crippen LogP contribution < -0.4 is 15.4 Å². The fourth-order valence-electron chi connectivity index (χ4n) is 2.51. The monoisotopic (exact) mass is 429 g/mol. The first-order valence-corrected chi connectivity index (χ1v) is 8.80. The van der Waals surface area contributed by atoms with E-state index in [9.17, 15) is 22.8 Å². The smallest absolute Gasteiger partial charge is 0.406 e. The molecular formula is C19H19ClF3N3O3. The Labute approximate surface area is 170 Å². The zero-order valence-corrected chi connectivity index (χ0v) is 16.3. The molecule has 2 N–H and O–H groups in total. The molecule has 6 nitrogen and oxygen atoms in total. The summed E-state index contributed by atoms with van der Waals surface area (Å²) in [5.74, 6) is -2.28. The highest BCUT2D eigenvalue weighted by molar-refractivity contribution is 6.39. The molecule has 0 aromatic heterocycles. The summed E-state index contributed by atoms with van der Waals surface area (Å²) >= 11 is 6.20. The van der Waals surface area contributed by atoms with Crippen molar-refractivity contribution in [2.45, 2.75) is 12.4 Å². The normalized spacial score (nSPS) is 12.4. The minimum Gasteiger partial charge on any atom is -0.406 e. The Morgan fingerprint density at radius 2 is 1.69 bits per heavy atom. The first kappa shape index (κ1) is 22.5. The van der Waals surface area contributed by atoms with E-state index in [-0.39, 0.29) is 18.3 Å². The standard InChI is InChI=1S/C19H19ClF3N3O3/c1-26(2)16(14-5-3-4-6-15(14)20)11-24-17(27)18(28)25-12-7-9-13(10-8-12)29-19(21,22)23/h3-10,16H,11H2,1-2H3,(H,24,27)(H,25,28)/t16-/m0/s1. The molecular weight excluding hydrogens is 411 g/mol. The maximum absolute atomic E-state index is 12.2. The number of hydrogen-bond acceptors (Lipinski definition) is 4. The Morgan fingerprint density at radius 3 is 2.24 bits per heavy atom. The molecule has 29 heavy (non-hydrogen) atoms. The van der Waals surface area contributed by atoms with E-state index in [0.29, 0.717) is 5.02 Å². The van der Waals surface area contributed by atoms with Gasteiger partial charge < -0.3 is 20.3 Å². The molecule has 0 aliphatic heterocycles. The van der Waals surface area contributed by atoms with Crippen molar-refractivity contribution in [3.8, 4) is 5.75 Å². The Hall–Kier alpha value is -2.78. The summed E-state index contributed by atoms with van der Waals surface area (Å²) in [6, 6.07) is 11.3. The lowest BCUT2D eigenvalue weighted by Gasteiger charge is -2.25. The summed E-state index contributed by atoms with van der Waals surface area (Å²) in [6.07, 6.45) is -4.81. The number of hydrogen-bond donors (Lipinski definition) is 2. The molecule has 0 aliphatic carbocycles. The molecule has 2 amide bonds. The number of amides is 2. The van der Waals surface area contributed by atoms with E-state index in [0.717, 1.165) is 17.7 Å². The minimum atomic E-state index is -4.81. The van der Waals surface area contributed by atoms with E-state index in [2.05, 4.69) is 15.4 Å². The number of anilines is 1. The third-order valence-electron chi connectivity index (χ3n) is 3.90. The van der Waals surface area contributed by atoms with Crippen molar-refractivity contribution in [3.63, 3.8) is 0 Å². The largest absolute Gasteiger partial charge is 0.573 e. The van der Waals surface area contributed by atoms with Gasteiger partial charge in [0, 0.05) is 17.3 Å². The van der Waals surface area contributed by atoms with Gasteiger partial charge in [-0.2, -0.15) is 0 Å². The molecule has 0 saturated heterocycles. The predicted molar refractivity (Wildman–Crippen MR) is 103 cm³/mol. The number of benzene rings is 2. The molecule has 0 bridgehead atoms. The van der Waals surface area contributed by atoms with Crippen LogP contribution in [0.5, 0.6) is 5.75 Å². The highest BCUT2D eigenvalue weighted by Crippen LogP contribution is 2.26. The summed E-state index contributed by atoms with van der Waals surface area (Å²) in [4.78, 5) is 26.0. The molecule has 0 aliphatic rings. The van der Waals surface area contributed by atoms with E-state index >= 15 is 0 Å². The van der Waals surface area contributed by atoms with Gasteiger partial charge >= 0.3 is 18.2 Å². The van der Waals surface area contributed by atoms with Crippen LogP contribution in [0.15, 0.2) is 48.5 Å². The van der Waals surface area contributed by atoms with Crippen molar-refractivity contribution in [1.29, 1.82) is 0 Å². The van der Waals surface area contributed by atoms with Crippen molar-refractivity contribution in [1.82, 2.24) is 10.2 Å². The lowest BCUT2D eigenvalue weighted by Crippen LogP contribution is -2.40. The van der Waals surface area contributed by atoms with Gasteiger partial charge in [-0.05, 0) is 50.0 Å². The van der Waals surface area contributed by atoms with Crippen molar-refractivity contribution in [2.75, 3.05) is 26.0 Å². The van der Waals surface area contributed by atoms with Crippen molar-refractivity contribution >= 4 is 29.1 Å². The Bertz CT molecular complexity index is 858. The third kappa shape index (κ3) is 6.95. The molecule has 10 heteroatoms. The Kier molecular flexibility index (Phi) is 7.46. The topological polar surface area (TPSA) is 70.7 Å². The number of halogens is 4. The Balaban J connectivity index is 1.94. The molecule has 0 radical (unpaired) electrons. The van der Waals surface area contributed by atoms with Gasteiger partial charge in [0.1, 0.15) is 5.75 Å². The molecule has 0 unspecified atom stereocenters. The van der Waals surface area contributed by atoms with Gasteiger partial charge in [0.15, 0.2) is 0 Å². The maximum atomic E-state index is 12.2. The first-order valence-electron chi connectivity index (χ1n) is 8.42. The fraction of sp³-hybridized carbons (Fsp3) is 0.263. The molecule has 0 spiro atoms. The zero-order chi connectivity index (χ0) is 21.6. The number of nitrogens with one attached hydrogen (secondary N) is 2. The van der Waals surface area contributed by atoms with Crippen molar-refractivity contribution < 1.29 is 27.5 Å². The second-order valence-corrected chi connectivity index (χ2v) is 6.64. The molecule has 0 fully saturated rings. The van der Waals surface area contributed by atoms with Crippen LogP contribution in [0.1, 0.15) is 11.6 Å². The maximum Gasteiger partial charge on any atom is 0.573 e. The molecule has 156 valence electrons. The first-order chi connectivity index (χ1) is 13.6. The molecule has 2 rings (SSSR count). The van der Waals surface area contributed by atoms with Crippen LogP contribution in [-0.2, 0) is 9.59 Å². The lowest BCUT2D eigenvalue weighted by atomic mass is 10.1. The quantitative estimate of drug-likeness (QED) is 0.688. The van der Waals surface area contributed by atoms with Crippen LogP contribution in [0.2, 0.25) is 5.02 Å². The van der Waals surface area contributed by atoms with Crippen LogP contribution in [0.3, 0.4) is 0 Å². The summed E-state index contributed by atoms with van der Waals surface area (Å²) < 4.78 is 40.2. The number of carbonyl (C=O) groups is 2. The molecule has 2 aromatic carbocycles. The third-order valence-corrected chi connectivity index (χ3v) is 4.24. The van der Waals surface area contributed by atoms with Gasteiger partial charge in [-0.3, -0.25) is 9.59 Å². The van der Waals surface area contributed by atoms with Gasteiger partial charge in [-0.25, -0.2) is 0 Å². The summed E-state index contributed by atoms with van der Waals surface area (Å²) in [5, 5.41) is 5.37. The van der Waals surface area contributed by atoms with E-state index in [4.69, 9.17) is 11.6 Å². The number of nitrogens with zero attached hydrogens (tertiary/aromatic N) is 1. The lowest BCUT2D eigenvalue weighted by molar-refractivity contribution is -0.274. The van der Waals surface area contributed by atoms with E-state index in [1.54, 1.807) is 12.1 Å². The van der Waals surface area contributed by atoms with E-state index < -0.39 is 23.9 Å². The summed E-state index contributed by atoms with van der Waals surface area (Å²) in [5.41, 5.74) is 0.940. The molecule has 0 heterocycles. The molecule has 2 aromatic rings. The van der Waals surface area contributed by atoms with Gasteiger partial charge in [0.25, 0.3) is 0 Å². The number of likely N-dealkylation sites (N-methyl/N-ethyl adjacent to an activating group) is 1. The van der Waals surface area contributed by atoms with Crippen LogP contribution in [0.25, 0.3) is 0 Å². The van der Waals surface area contributed by atoms with Crippen LogP contribution in [0.4, 0.5) is 18.9 Å². The number of alkyl halides is 3. The van der Waals surface area contributed by atoms with E-state index in [1.807, 2.05) is 31.1 Å². The highest BCUT2D eigenvalue weighted by atomic mass is 35.5. The van der Waals surface area contributed by atoms with Crippen molar-refractivity contribution in [3.05, 3.63) is 59.1 Å². The zero-order valence-electron chi connectivity index (χ0n) is 15.6. The molecule has 1 atom stereocenters. The van der Waals surface area contributed by atoms with Crippen molar-refractivity contribution in [2.24, 2.45) is 0 Å². The SMILES string of the molecule is CN(C)[C@@H](CNC(=O)C(=O)Nc1ccc(OC(F)(F)F)cc1)c1ccccc1Cl. The molecule has 0 saturated carbocycles. The van der Waals surface area contributed by atoms with Crippen LogP contribution in [-0.4, -0.2) is 43.7 Å². The van der Waals surface area contributed by atoms with Gasteiger partial charge in [0.05, 0.1) is 6.04 Å². The van der Waals surface area contributed by atoms with Crippen LogP contribution in [0, 0.1) is 0 Å². The number of carbonyl (C=O) groups excluding carboxylic acids is 2. The van der Waals surface area contributed by atoms with Gasteiger partial charge in [-0.1, -0.05) is 29.8 Å². The number of ether oxygens (including phenoxy) is 1. The minimum absolute atomic E-state index is 0.126. The second-order valence-electron chi connectivity index (χ2n) is 6.24. The average Bonchev–Trinajstić information content (AvgIpc) is 2.63. The average molecular weight is 430 g/mol. The van der Waals surface area contributed by atoms with Gasteiger partial charge in [-0.15, -0.1) is 13.2 Å². The Morgan fingerprint density at radius 1 is 1.07 bits per heavy atom. The predicted octanol–water partition coefficient (Wildman–Crippen LogP) is 3.60. The van der Waals surface area contributed by atoms with E-state index in [1.165, 1.54) is 12.1 Å². The summed E-state index contributed by atoms with van der Waals surface area (Å²) in [6.45, 7) is 0.126. The van der Waals surface area contributed by atoms with Crippen LogP contribution >= 0.6 is 11.6 Å². The summed E-state index contributed by atoms with van der Waals surface area (Å²) in [7, 11) is 3.62. The second kappa shape index (κ2) is 9.62. The highest BCUT2D eigenvalue weighted by Gasteiger charge is 2.31. The fourth-order valence-corrected chi connectivity index (χ4v) is 2.78. The number of rotatable bonds is 6.